The number of likely N-dealkylation sites (N-methyl/N-ethyl adjacent to an activating group) is 1. The number of sulfonamides is 1. The summed E-state index contributed by atoms with van der Waals surface area (Å²) in [5.41, 5.74) is -0.0557. The van der Waals surface area contributed by atoms with Gasteiger partial charge in [-0.05, 0) is 39.8 Å². The first kappa shape index (κ1) is 15.4. The van der Waals surface area contributed by atoms with Crippen LogP contribution in [0.2, 0.25) is 0 Å². The third-order valence-electron chi connectivity index (χ3n) is 3.66. The van der Waals surface area contributed by atoms with Crippen molar-refractivity contribution in [1.29, 1.82) is 0 Å². The number of carbonyl (C=O) groups is 1. The lowest BCUT2D eigenvalue weighted by Gasteiger charge is -2.47. The van der Waals surface area contributed by atoms with Crippen LogP contribution in [0.1, 0.15) is 32.1 Å². The molecule has 1 rings (SSSR count). The van der Waals surface area contributed by atoms with E-state index in [1.54, 1.807) is 0 Å². The van der Waals surface area contributed by atoms with Crippen LogP contribution in [-0.4, -0.2) is 56.3 Å². The topological polar surface area (TPSA) is 86.7 Å². The van der Waals surface area contributed by atoms with E-state index in [1.807, 2.05) is 14.1 Å². The number of nitrogens with zero attached hydrogens (tertiary/aromatic N) is 1. The third-order valence-corrected chi connectivity index (χ3v) is 5.07. The van der Waals surface area contributed by atoms with Gasteiger partial charge in [-0.25, -0.2) is 13.1 Å². The Morgan fingerprint density at radius 2 is 2.00 bits per heavy atom. The quantitative estimate of drug-likeness (QED) is 0.665. The Labute approximate surface area is 108 Å². The Morgan fingerprint density at radius 3 is 2.39 bits per heavy atom. The van der Waals surface area contributed by atoms with Crippen molar-refractivity contribution in [3.05, 3.63) is 0 Å². The largest absolute Gasteiger partial charge is 0.481 e. The molecule has 7 heteroatoms. The monoisotopic (exact) mass is 278 g/mol. The van der Waals surface area contributed by atoms with E-state index in [1.165, 1.54) is 0 Å². The summed E-state index contributed by atoms with van der Waals surface area (Å²) in [6, 6.07) is 0. The number of hydrogen-bond acceptors (Lipinski definition) is 4. The van der Waals surface area contributed by atoms with Gasteiger partial charge in [0.15, 0.2) is 0 Å². The molecule has 1 aliphatic rings. The van der Waals surface area contributed by atoms with Gasteiger partial charge in [0.05, 0.1) is 5.75 Å². The molecular weight excluding hydrogens is 256 g/mol. The molecule has 0 saturated heterocycles. The predicted octanol–water partition coefficient (Wildman–Crippen LogP) is 0.255. The summed E-state index contributed by atoms with van der Waals surface area (Å²) in [5, 5.41) is 8.47. The van der Waals surface area contributed by atoms with Crippen molar-refractivity contribution < 1.29 is 18.3 Å². The molecule has 0 bridgehead atoms. The third kappa shape index (κ3) is 4.22. The molecule has 1 aliphatic carbocycles. The average molecular weight is 278 g/mol. The normalized spacial score (nSPS) is 18.6. The van der Waals surface area contributed by atoms with Crippen LogP contribution in [0.3, 0.4) is 0 Å². The molecule has 0 aromatic heterocycles. The summed E-state index contributed by atoms with van der Waals surface area (Å²) >= 11 is 0. The summed E-state index contributed by atoms with van der Waals surface area (Å²) in [6.45, 7) is 0.412. The lowest BCUT2D eigenvalue weighted by molar-refractivity contribution is -0.137. The van der Waals surface area contributed by atoms with Crippen LogP contribution in [0, 0.1) is 0 Å². The van der Waals surface area contributed by atoms with Crippen LogP contribution < -0.4 is 4.72 Å². The van der Waals surface area contributed by atoms with Gasteiger partial charge in [-0.2, -0.15) is 0 Å². The average Bonchev–Trinajstić information content (AvgIpc) is 2.13. The fourth-order valence-electron chi connectivity index (χ4n) is 2.10. The van der Waals surface area contributed by atoms with E-state index < -0.39 is 16.0 Å². The zero-order chi connectivity index (χ0) is 13.8. The predicted molar refractivity (Wildman–Crippen MR) is 68.9 cm³/mol. The van der Waals surface area contributed by atoms with Crippen molar-refractivity contribution in [2.24, 2.45) is 0 Å². The molecule has 0 heterocycles. The molecule has 0 aromatic rings. The van der Waals surface area contributed by atoms with Crippen molar-refractivity contribution in [3.63, 3.8) is 0 Å². The molecule has 0 radical (unpaired) electrons. The van der Waals surface area contributed by atoms with Crippen molar-refractivity contribution in [3.8, 4) is 0 Å². The molecule has 1 fully saturated rings. The minimum atomic E-state index is -3.36. The van der Waals surface area contributed by atoms with E-state index in [-0.39, 0.29) is 24.1 Å². The van der Waals surface area contributed by atoms with Crippen LogP contribution in [-0.2, 0) is 14.8 Å². The SMILES string of the molecule is CN(C)C1(CNS(=O)(=O)CCCC(=O)O)CCC1. The molecule has 0 aromatic carbocycles. The van der Waals surface area contributed by atoms with Crippen molar-refractivity contribution >= 4 is 16.0 Å². The highest BCUT2D eigenvalue weighted by molar-refractivity contribution is 7.89. The highest BCUT2D eigenvalue weighted by atomic mass is 32.2. The number of carboxylic acid groups (broad SMARTS) is 1. The van der Waals surface area contributed by atoms with Crippen molar-refractivity contribution in [2.75, 3.05) is 26.4 Å². The highest BCUT2D eigenvalue weighted by Crippen LogP contribution is 2.35. The maximum Gasteiger partial charge on any atom is 0.303 e. The standard InChI is InChI=1S/C11H22N2O4S/c1-13(2)11(6-4-7-11)9-12-18(16,17)8-3-5-10(14)15/h12H,3-9H2,1-2H3,(H,14,15). The van der Waals surface area contributed by atoms with E-state index in [2.05, 4.69) is 9.62 Å². The highest BCUT2D eigenvalue weighted by Gasteiger charge is 2.39. The lowest BCUT2D eigenvalue weighted by Crippen LogP contribution is -2.57. The second-order valence-corrected chi connectivity index (χ2v) is 7.04. The zero-order valence-electron chi connectivity index (χ0n) is 11.0. The fourth-order valence-corrected chi connectivity index (χ4v) is 3.25. The van der Waals surface area contributed by atoms with Crippen LogP contribution in [0.25, 0.3) is 0 Å². The van der Waals surface area contributed by atoms with Crippen LogP contribution in [0.15, 0.2) is 0 Å². The molecule has 6 nitrogen and oxygen atoms in total. The maximum absolute atomic E-state index is 11.7. The maximum atomic E-state index is 11.7. The fraction of sp³-hybridized carbons (Fsp3) is 0.909. The lowest BCUT2D eigenvalue weighted by atomic mass is 9.76. The number of aliphatic carboxylic acids is 1. The van der Waals surface area contributed by atoms with E-state index in [0.29, 0.717) is 6.54 Å². The molecule has 106 valence electrons. The Kier molecular flexibility index (Phi) is 5.12. The van der Waals surface area contributed by atoms with Gasteiger partial charge in [0.1, 0.15) is 0 Å². The smallest absolute Gasteiger partial charge is 0.303 e. The minimum absolute atomic E-state index is 0.0557. The van der Waals surface area contributed by atoms with Gasteiger partial charge in [-0.3, -0.25) is 4.79 Å². The first-order valence-electron chi connectivity index (χ1n) is 6.14. The van der Waals surface area contributed by atoms with Gasteiger partial charge in [0, 0.05) is 18.5 Å². The number of carboxylic acids is 1. The second kappa shape index (κ2) is 5.99. The van der Waals surface area contributed by atoms with Crippen molar-refractivity contribution in [2.45, 2.75) is 37.6 Å². The summed E-state index contributed by atoms with van der Waals surface area (Å²) in [7, 11) is 0.552. The summed E-state index contributed by atoms with van der Waals surface area (Å²) in [6.07, 6.45) is 3.16. The van der Waals surface area contributed by atoms with E-state index in [0.717, 1.165) is 19.3 Å². The summed E-state index contributed by atoms with van der Waals surface area (Å²) in [5.74, 6) is -1.09. The molecule has 0 unspecified atom stereocenters. The summed E-state index contributed by atoms with van der Waals surface area (Å²) in [4.78, 5) is 12.4. The molecular formula is C11H22N2O4S. The molecule has 0 amide bonds. The molecule has 2 N–H and O–H groups in total. The number of nitrogens with one attached hydrogen (secondary N) is 1. The number of hydrogen-bond donors (Lipinski definition) is 2. The molecule has 1 saturated carbocycles. The molecule has 0 aliphatic heterocycles. The van der Waals surface area contributed by atoms with Gasteiger partial charge >= 0.3 is 5.97 Å². The first-order chi connectivity index (χ1) is 8.27. The van der Waals surface area contributed by atoms with E-state index in [9.17, 15) is 13.2 Å². The minimum Gasteiger partial charge on any atom is -0.481 e. The Hall–Kier alpha value is -0.660. The molecule has 0 atom stereocenters. The van der Waals surface area contributed by atoms with Gasteiger partial charge < -0.3 is 10.0 Å². The van der Waals surface area contributed by atoms with E-state index in [4.69, 9.17) is 5.11 Å². The van der Waals surface area contributed by atoms with Gasteiger partial charge in [-0.1, -0.05) is 0 Å². The van der Waals surface area contributed by atoms with Gasteiger partial charge in [0.2, 0.25) is 10.0 Å². The Balaban J connectivity index is 2.39. The first-order valence-corrected chi connectivity index (χ1v) is 7.79. The molecule has 0 spiro atoms. The van der Waals surface area contributed by atoms with Crippen molar-refractivity contribution in [1.82, 2.24) is 9.62 Å². The Morgan fingerprint density at radius 1 is 1.39 bits per heavy atom. The molecule has 18 heavy (non-hydrogen) atoms. The Bertz CT molecular complexity index is 388. The van der Waals surface area contributed by atoms with Gasteiger partial charge in [0.25, 0.3) is 0 Å². The number of rotatable bonds is 8. The van der Waals surface area contributed by atoms with E-state index >= 15 is 0 Å². The zero-order valence-corrected chi connectivity index (χ0v) is 11.8. The second-order valence-electron chi connectivity index (χ2n) is 5.11. The van der Waals surface area contributed by atoms with Crippen LogP contribution in [0.4, 0.5) is 0 Å². The van der Waals surface area contributed by atoms with Crippen LogP contribution >= 0.6 is 0 Å². The van der Waals surface area contributed by atoms with Crippen LogP contribution in [0.5, 0.6) is 0 Å². The van der Waals surface area contributed by atoms with Gasteiger partial charge in [-0.15, -0.1) is 0 Å². The summed E-state index contributed by atoms with van der Waals surface area (Å²) < 4.78 is 26.0.